The summed E-state index contributed by atoms with van der Waals surface area (Å²) in [6.45, 7) is 5.67. The van der Waals surface area contributed by atoms with Crippen LogP contribution in [-0.4, -0.2) is 0 Å². The molecule has 52 valence electrons. The lowest BCUT2D eigenvalue weighted by Crippen LogP contribution is -1.61. The van der Waals surface area contributed by atoms with Crippen LogP contribution < -0.4 is 0 Å². The predicted octanol–water partition coefficient (Wildman–Crippen LogP) is 2.87. The van der Waals surface area contributed by atoms with Crippen LogP contribution >= 0.6 is 0 Å². The lowest BCUT2D eigenvalue weighted by Gasteiger charge is -1.83. The minimum Gasteiger partial charge on any atom is -0.465 e. The van der Waals surface area contributed by atoms with E-state index < -0.39 is 0 Å². The van der Waals surface area contributed by atoms with Crippen LogP contribution in [0.5, 0.6) is 0 Å². The molecular weight excluding hydrogens is 124 g/mol. The number of rotatable bonds is 2. The largest absolute Gasteiger partial charge is 0.465 e. The van der Waals surface area contributed by atoms with Gasteiger partial charge < -0.3 is 4.42 Å². The molecule has 10 heavy (non-hydrogen) atoms. The molecule has 0 spiro atoms. The molecule has 1 nitrogen and oxygen atoms in total. The van der Waals surface area contributed by atoms with Gasteiger partial charge in [-0.1, -0.05) is 18.2 Å². The topological polar surface area (TPSA) is 13.1 Å². The van der Waals surface area contributed by atoms with E-state index in [0.717, 1.165) is 11.3 Å². The van der Waals surface area contributed by atoms with E-state index in [1.165, 1.54) is 0 Å². The van der Waals surface area contributed by atoms with Crippen molar-refractivity contribution in [3.05, 3.63) is 42.4 Å². The quantitative estimate of drug-likeness (QED) is 0.567. The van der Waals surface area contributed by atoms with Crippen LogP contribution in [0.2, 0.25) is 0 Å². The zero-order valence-electron chi connectivity index (χ0n) is 6.00. The molecule has 0 bridgehead atoms. The first-order valence-electron chi connectivity index (χ1n) is 3.16. The molecule has 0 aliphatic rings. The van der Waals surface area contributed by atoms with Gasteiger partial charge in [0.1, 0.15) is 5.76 Å². The van der Waals surface area contributed by atoms with Crippen molar-refractivity contribution in [2.75, 3.05) is 0 Å². The predicted molar refractivity (Wildman–Crippen MR) is 42.6 cm³/mol. The summed E-state index contributed by atoms with van der Waals surface area (Å²) >= 11 is 0. The van der Waals surface area contributed by atoms with E-state index in [1.807, 2.05) is 31.2 Å². The third-order valence-electron chi connectivity index (χ3n) is 1.08. The lowest BCUT2D eigenvalue weighted by atomic mass is 10.3. The molecule has 0 atom stereocenters. The van der Waals surface area contributed by atoms with Gasteiger partial charge >= 0.3 is 0 Å². The van der Waals surface area contributed by atoms with Crippen molar-refractivity contribution in [2.45, 2.75) is 6.92 Å². The Balaban J connectivity index is 2.64. The minimum absolute atomic E-state index is 0.864. The fourth-order valence-electron chi connectivity index (χ4n) is 0.610. The van der Waals surface area contributed by atoms with Gasteiger partial charge in [-0.05, 0) is 25.1 Å². The molecule has 0 aromatic carbocycles. The zero-order valence-corrected chi connectivity index (χ0v) is 6.00. The van der Waals surface area contributed by atoms with Gasteiger partial charge in [0.25, 0.3) is 0 Å². The molecule has 1 aromatic rings. The maximum Gasteiger partial charge on any atom is 0.126 e. The Kier molecular flexibility index (Phi) is 2.11. The number of allylic oxidation sites excluding steroid dienone is 2. The molecule has 0 unspecified atom stereocenters. The molecule has 0 aliphatic heterocycles. The first kappa shape index (κ1) is 6.87. The average Bonchev–Trinajstić information content (AvgIpc) is 2.34. The van der Waals surface area contributed by atoms with Gasteiger partial charge in [-0.15, -0.1) is 0 Å². The van der Waals surface area contributed by atoms with Gasteiger partial charge in [0.05, 0.1) is 6.26 Å². The van der Waals surface area contributed by atoms with Crippen molar-refractivity contribution < 1.29 is 4.42 Å². The minimum atomic E-state index is 0.864. The monoisotopic (exact) mass is 134 g/mol. The highest BCUT2D eigenvalue weighted by Gasteiger charge is 1.84. The maximum atomic E-state index is 5.06. The average molecular weight is 134 g/mol. The third-order valence-corrected chi connectivity index (χ3v) is 1.08. The Morgan fingerprint density at radius 1 is 1.70 bits per heavy atom. The molecule has 0 fully saturated rings. The van der Waals surface area contributed by atoms with E-state index in [0.29, 0.717) is 0 Å². The van der Waals surface area contributed by atoms with Gasteiger partial charge in [0, 0.05) is 0 Å². The van der Waals surface area contributed by atoms with E-state index in [9.17, 15) is 0 Å². The number of hydrogen-bond donors (Lipinski definition) is 0. The van der Waals surface area contributed by atoms with Gasteiger partial charge in [-0.3, -0.25) is 0 Å². The van der Waals surface area contributed by atoms with Crippen LogP contribution in [0.4, 0.5) is 0 Å². The van der Waals surface area contributed by atoms with Crippen molar-refractivity contribution in [3.63, 3.8) is 0 Å². The molecule has 0 aliphatic carbocycles. The molecule has 1 rings (SSSR count). The van der Waals surface area contributed by atoms with Crippen LogP contribution in [-0.2, 0) is 0 Å². The second-order valence-electron chi connectivity index (χ2n) is 2.20. The summed E-state index contributed by atoms with van der Waals surface area (Å²) in [6, 6.07) is 3.76. The molecule has 1 heterocycles. The van der Waals surface area contributed by atoms with Crippen molar-refractivity contribution in [3.8, 4) is 0 Å². The second kappa shape index (κ2) is 3.06. The molecular formula is C9H10O. The lowest BCUT2D eigenvalue weighted by molar-refractivity contribution is 0.557. The number of furan rings is 1. The molecule has 0 amide bonds. The highest BCUT2D eigenvalue weighted by molar-refractivity contribution is 5.46. The molecule has 0 N–H and O–H groups in total. The van der Waals surface area contributed by atoms with E-state index in [2.05, 4.69) is 6.58 Å². The summed E-state index contributed by atoms with van der Waals surface area (Å²) in [5.41, 5.74) is 1.02. The van der Waals surface area contributed by atoms with Crippen LogP contribution in [0.1, 0.15) is 12.7 Å². The Bertz CT molecular complexity index is 229. The molecule has 1 aromatic heterocycles. The van der Waals surface area contributed by atoms with Crippen molar-refractivity contribution >= 4 is 6.08 Å². The van der Waals surface area contributed by atoms with Gasteiger partial charge in [0.2, 0.25) is 0 Å². The van der Waals surface area contributed by atoms with Gasteiger partial charge in [-0.25, -0.2) is 0 Å². The Morgan fingerprint density at radius 2 is 2.50 bits per heavy atom. The van der Waals surface area contributed by atoms with E-state index in [-0.39, 0.29) is 0 Å². The summed E-state index contributed by atoms with van der Waals surface area (Å²) in [5, 5.41) is 0. The maximum absolute atomic E-state index is 5.06. The molecule has 0 saturated carbocycles. The van der Waals surface area contributed by atoms with Gasteiger partial charge in [0.15, 0.2) is 0 Å². The van der Waals surface area contributed by atoms with Crippen molar-refractivity contribution in [1.29, 1.82) is 0 Å². The Labute approximate surface area is 60.7 Å². The smallest absolute Gasteiger partial charge is 0.126 e. The van der Waals surface area contributed by atoms with E-state index >= 15 is 0 Å². The second-order valence-corrected chi connectivity index (χ2v) is 2.20. The summed E-state index contributed by atoms with van der Waals surface area (Å²) in [5.74, 6) is 0.864. The fourth-order valence-corrected chi connectivity index (χ4v) is 0.610. The standard InChI is InChI=1S/C9H10O/c1-8(2)5-6-9-4-3-7-10-9/h3-7H,1H2,2H3/b6-5+. The van der Waals surface area contributed by atoms with Crippen molar-refractivity contribution in [2.24, 2.45) is 0 Å². The van der Waals surface area contributed by atoms with Crippen LogP contribution in [0.25, 0.3) is 6.08 Å². The van der Waals surface area contributed by atoms with E-state index in [4.69, 9.17) is 4.42 Å². The highest BCUT2D eigenvalue weighted by Crippen LogP contribution is 2.03. The molecule has 0 saturated heterocycles. The van der Waals surface area contributed by atoms with Crippen molar-refractivity contribution in [1.82, 2.24) is 0 Å². The Hall–Kier alpha value is -1.24. The SMILES string of the molecule is C=C(C)/C=C/c1ccco1. The third kappa shape index (κ3) is 1.94. The van der Waals surface area contributed by atoms with E-state index in [1.54, 1.807) is 6.26 Å². The summed E-state index contributed by atoms with van der Waals surface area (Å²) in [7, 11) is 0. The first-order chi connectivity index (χ1) is 4.79. The Morgan fingerprint density at radius 3 is 3.00 bits per heavy atom. The fraction of sp³-hybridized carbons (Fsp3) is 0.111. The molecule has 0 radical (unpaired) electrons. The zero-order chi connectivity index (χ0) is 7.40. The summed E-state index contributed by atoms with van der Waals surface area (Å²) < 4.78 is 5.06. The highest BCUT2D eigenvalue weighted by atomic mass is 16.3. The normalized spacial score (nSPS) is 10.5. The van der Waals surface area contributed by atoms with Crippen LogP contribution in [0.15, 0.2) is 41.0 Å². The van der Waals surface area contributed by atoms with Gasteiger partial charge in [-0.2, -0.15) is 0 Å². The van der Waals surface area contributed by atoms with Crippen LogP contribution in [0, 0.1) is 0 Å². The summed E-state index contributed by atoms with van der Waals surface area (Å²) in [4.78, 5) is 0. The van der Waals surface area contributed by atoms with Crippen LogP contribution in [0.3, 0.4) is 0 Å². The molecule has 1 heteroatoms. The number of hydrogen-bond acceptors (Lipinski definition) is 1. The summed E-state index contributed by atoms with van der Waals surface area (Å²) in [6.07, 6.45) is 5.46. The first-order valence-corrected chi connectivity index (χ1v) is 3.16.